The standard InChI is InChI=1S/C12H17FN2O4S/c1-7(2)11(12(16)19-3)15-10-5-4-8(6-9(10)13)20(14,17)18/h4-7,11,15H,1-3H3,(H2,14,17,18). The van der Waals surface area contributed by atoms with E-state index in [0.717, 1.165) is 12.1 Å². The van der Waals surface area contributed by atoms with E-state index in [2.05, 4.69) is 10.1 Å². The summed E-state index contributed by atoms with van der Waals surface area (Å²) in [6.45, 7) is 3.54. The molecule has 0 spiro atoms. The highest BCUT2D eigenvalue weighted by molar-refractivity contribution is 7.89. The van der Waals surface area contributed by atoms with Crippen molar-refractivity contribution in [2.45, 2.75) is 24.8 Å². The van der Waals surface area contributed by atoms with Crippen molar-refractivity contribution in [1.82, 2.24) is 0 Å². The molecule has 112 valence electrons. The highest BCUT2D eigenvalue weighted by atomic mass is 32.2. The molecule has 3 N–H and O–H groups in total. The van der Waals surface area contributed by atoms with Crippen molar-refractivity contribution in [2.24, 2.45) is 11.1 Å². The van der Waals surface area contributed by atoms with Crippen LogP contribution in [0.15, 0.2) is 23.1 Å². The van der Waals surface area contributed by atoms with Gasteiger partial charge in [0.25, 0.3) is 0 Å². The molecule has 0 aromatic heterocycles. The van der Waals surface area contributed by atoms with Crippen molar-refractivity contribution < 1.29 is 22.3 Å². The highest BCUT2D eigenvalue weighted by Crippen LogP contribution is 2.21. The lowest BCUT2D eigenvalue weighted by molar-refractivity contribution is -0.142. The van der Waals surface area contributed by atoms with Gasteiger partial charge in [-0.25, -0.2) is 22.7 Å². The van der Waals surface area contributed by atoms with Crippen LogP contribution in [0.5, 0.6) is 0 Å². The van der Waals surface area contributed by atoms with Crippen LogP contribution in [-0.2, 0) is 19.6 Å². The fourth-order valence-electron chi connectivity index (χ4n) is 1.58. The van der Waals surface area contributed by atoms with Crippen LogP contribution in [-0.4, -0.2) is 27.5 Å². The van der Waals surface area contributed by atoms with E-state index in [1.165, 1.54) is 13.2 Å². The van der Waals surface area contributed by atoms with Crippen LogP contribution in [0.25, 0.3) is 0 Å². The van der Waals surface area contributed by atoms with Crippen LogP contribution >= 0.6 is 0 Å². The Hall–Kier alpha value is -1.67. The maximum Gasteiger partial charge on any atom is 0.328 e. The molecule has 0 bridgehead atoms. The SMILES string of the molecule is COC(=O)C(Nc1ccc(S(N)(=O)=O)cc1F)C(C)C. The third-order valence-corrected chi connectivity index (χ3v) is 3.61. The molecule has 0 radical (unpaired) electrons. The Morgan fingerprint density at radius 3 is 2.40 bits per heavy atom. The molecule has 1 aromatic rings. The number of sulfonamides is 1. The lowest BCUT2D eigenvalue weighted by Gasteiger charge is -2.21. The van der Waals surface area contributed by atoms with Crippen LogP contribution in [0.3, 0.4) is 0 Å². The van der Waals surface area contributed by atoms with Crippen molar-refractivity contribution in [3.63, 3.8) is 0 Å². The number of ether oxygens (including phenoxy) is 1. The molecular weight excluding hydrogens is 287 g/mol. The van der Waals surface area contributed by atoms with Crippen LogP contribution in [0.2, 0.25) is 0 Å². The third-order valence-electron chi connectivity index (χ3n) is 2.70. The molecule has 8 heteroatoms. The number of rotatable bonds is 5. The quantitative estimate of drug-likeness (QED) is 0.793. The van der Waals surface area contributed by atoms with Gasteiger partial charge in [-0.05, 0) is 24.1 Å². The number of nitrogens with one attached hydrogen (secondary N) is 1. The molecule has 0 saturated carbocycles. The van der Waals surface area contributed by atoms with Crippen LogP contribution in [0, 0.1) is 11.7 Å². The number of anilines is 1. The molecular formula is C12H17FN2O4S. The fourth-order valence-corrected chi connectivity index (χ4v) is 2.11. The topological polar surface area (TPSA) is 98.5 Å². The van der Waals surface area contributed by atoms with Gasteiger partial charge in [-0.2, -0.15) is 0 Å². The van der Waals surface area contributed by atoms with Gasteiger partial charge in [0.1, 0.15) is 11.9 Å². The molecule has 1 rings (SSSR count). The number of hydrogen-bond acceptors (Lipinski definition) is 5. The number of esters is 1. The predicted octanol–water partition coefficient (Wildman–Crippen LogP) is 1.08. The number of methoxy groups -OCH3 is 1. The molecule has 0 aliphatic carbocycles. The second-order valence-corrected chi connectivity index (χ2v) is 6.14. The zero-order chi connectivity index (χ0) is 15.5. The average molecular weight is 304 g/mol. The van der Waals surface area contributed by atoms with Crippen molar-refractivity contribution >= 4 is 21.7 Å². The van der Waals surface area contributed by atoms with Gasteiger partial charge in [0.2, 0.25) is 10.0 Å². The Morgan fingerprint density at radius 2 is 2.00 bits per heavy atom. The van der Waals surface area contributed by atoms with E-state index in [1.54, 1.807) is 13.8 Å². The summed E-state index contributed by atoms with van der Waals surface area (Å²) in [5.41, 5.74) is 0.00139. The van der Waals surface area contributed by atoms with Gasteiger partial charge in [0, 0.05) is 0 Å². The van der Waals surface area contributed by atoms with Crippen LogP contribution < -0.4 is 10.5 Å². The summed E-state index contributed by atoms with van der Waals surface area (Å²) < 4.78 is 40.7. The van der Waals surface area contributed by atoms with Crippen LogP contribution in [0.4, 0.5) is 10.1 Å². The Morgan fingerprint density at radius 1 is 1.40 bits per heavy atom. The molecule has 0 aliphatic heterocycles. The van der Waals surface area contributed by atoms with Gasteiger partial charge >= 0.3 is 5.97 Å². The van der Waals surface area contributed by atoms with Crippen molar-refractivity contribution in [2.75, 3.05) is 12.4 Å². The minimum absolute atomic E-state index is 0.00139. The van der Waals surface area contributed by atoms with Gasteiger partial charge in [-0.3, -0.25) is 0 Å². The summed E-state index contributed by atoms with van der Waals surface area (Å²) in [6, 6.07) is 2.43. The summed E-state index contributed by atoms with van der Waals surface area (Å²) in [6.07, 6.45) is 0. The molecule has 1 aromatic carbocycles. The van der Waals surface area contributed by atoms with Crippen LogP contribution in [0.1, 0.15) is 13.8 Å². The number of hydrogen-bond donors (Lipinski definition) is 2. The summed E-state index contributed by atoms with van der Waals surface area (Å²) in [7, 11) is -2.73. The fraction of sp³-hybridized carbons (Fsp3) is 0.417. The van der Waals surface area contributed by atoms with E-state index in [9.17, 15) is 17.6 Å². The van der Waals surface area contributed by atoms with Gasteiger partial charge < -0.3 is 10.1 Å². The number of primary sulfonamides is 1. The van der Waals surface area contributed by atoms with E-state index in [1.807, 2.05) is 0 Å². The molecule has 20 heavy (non-hydrogen) atoms. The average Bonchev–Trinajstić information content (AvgIpc) is 2.34. The maximum atomic E-state index is 13.8. The molecule has 0 amide bonds. The van der Waals surface area contributed by atoms with E-state index in [-0.39, 0.29) is 16.5 Å². The first kappa shape index (κ1) is 16.4. The number of carbonyl (C=O) groups is 1. The second-order valence-electron chi connectivity index (χ2n) is 4.58. The molecule has 1 unspecified atom stereocenters. The van der Waals surface area contributed by atoms with Gasteiger partial charge in [-0.1, -0.05) is 13.8 Å². The van der Waals surface area contributed by atoms with E-state index < -0.39 is 27.9 Å². The van der Waals surface area contributed by atoms with E-state index in [4.69, 9.17) is 5.14 Å². The maximum absolute atomic E-state index is 13.8. The largest absolute Gasteiger partial charge is 0.467 e. The molecule has 0 saturated heterocycles. The highest BCUT2D eigenvalue weighted by Gasteiger charge is 2.24. The molecule has 0 fully saturated rings. The molecule has 0 heterocycles. The predicted molar refractivity (Wildman–Crippen MR) is 72.0 cm³/mol. The summed E-state index contributed by atoms with van der Waals surface area (Å²) in [5, 5.41) is 7.60. The minimum atomic E-state index is -3.97. The zero-order valence-electron chi connectivity index (χ0n) is 11.4. The molecule has 0 aliphatic rings. The number of benzene rings is 1. The van der Waals surface area contributed by atoms with Gasteiger partial charge in [0.05, 0.1) is 17.7 Å². The lowest BCUT2D eigenvalue weighted by atomic mass is 10.0. The Kier molecular flexibility index (Phi) is 5.07. The monoisotopic (exact) mass is 304 g/mol. The van der Waals surface area contributed by atoms with Crippen molar-refractivity contribution in [1.29, 1.82) is 0 Å². The Balaban J connectivity index is 3.06. The first-order valence-corrected chi connectivity index (χ1v) is 7.38. The second kappa shape index (κ2) is 6.19. The first-order valence-electron chi connectivity index (χ1n) is 5.83. The van der Waals surface area contributed by atoms with Gasteiger partial charge in [0.15, 0.2) is 0 Å². The van der Waals surface area contributed by atoms with Crippen molar-refractivity contribution in [3.05, 3.63) is 24.0 Å². The minimum Gasteiger partial charge on any atom is -0.467 e. The zero-order valence-corrected chi connectivity index (χ0v) is 12.2. The smallest absolute Gasteiger partial charge is 0.328 e. The van der Waals surface area contributed by atoms with Gasteiger partial charge in [-0.15, -0.1) is 0 Å². The molecule has 6 nitrogen and oxygen atoms in total. The Bertz CT molecular complexity index is 601. The van der Waals surface area contributed by atoms with E-state index in [0.29, 0.717) is 0 Å². The normalized spacial score (nSPS) is 13.1. The summed E-state index contributed by atoms with van der Waals surface area (Å²) in [5.74, 6) is -1.49. The molecule has 1 atom stereocenters. The summed E-state index contributed by atoms with van der Waals surface area (Å²) >= 11 is 0. The number of nitrogens with two attached hydrogens (primary N) is 1. The number of carbonyl (C=O) groups excluding carboxylic acids is 1. The van der Waals surface area contributed by atoms with E-state index >= 15 is 0 Å². The Labute approximate surface area is 117 Å². The first-order chi connectivity index (χ1) is 9.16. The lowest BCUT2D eigenvalue weighted by Crippen LogP contribution is -2.35. The third kappa shape index (κ3) is 3.91. The van der Waals surface area contributed by atoms with Crippen molar-refractivity contribution in [3.8, 4) is 0 Å². The number of halogens is 1. The summed E-state index contributed by atoms with van der Waals surface area (Å²) in [4.78, 5) is 11.2.